The van der Waals surface area contributed by atoms with Gasteiger partial charge in [-0.25, -0.2) is 0 Å². The largest absolute Gasteiger partial charge is 0.495 e. The van der Waals surface area contributed by atoms with E-state index < -0.39 is 0 Å². The molecule has 3 aromatic rings. The van der Waals surface area contributed by atoms with Gasteiger partial charge in [-0.3, -0.25) is 9.78 Å². The van der Waals surface area contributed by atoms with Gasteiger partial charge in [-0.2, -0.15) is 0 Å². The first kappa shape index (κ1) is 17.9. The number of carbonyl (C=O) groups is 1. The molecule has 0 unspecified atom stereocenters. The van der Waals surface area contributed by atoms with Crippen LogP contribution in [-0.2, 0) is 0 Å². The minimum atomic E-state index is -0.351. The number of benzene rings is 2. The molecule has 28 heavy (non-hydrogen) atoms. The van der Waals surface area contributed by atoms with E-state index in [9.17, 15) is 4.79 Å². The summed E-state index contributed by atoms with van der Waals surface area (Å²) in [6.07, 6.45) is 1.56. The molecule has 0 bridgehead atoms. The molecule has 0 atom stereocenters. The highest BCUT2D eigenvalue weighted by Crippen LogP contribution is 2.35. The summed E-state index contributed by atoms with van der Waals surface area (Å²) in [6, 6.07) is 14.0. The third kappa shape index (κ3) is 3.79. The fourth-order valence-corrected chi connectivity index (χ4v) is 2.97. The van der Waals surface area contributed by atoms with Crippen LogP contribution in [0, 0.1) is 0 Å². The van der Waals surface area contributed by atoms with E-state index >= 15 is 0 Å². The first-order valence-electron chi connectivity index (χ1n) is 8.40. The molecule has 2 aromatic carbocycles. The number of nitrogens with one attached hydrogen (secondary N) is 2. The zero-order valence-electron chi connectivity index (χ0n) is 14.9. The van der Waals surface area contributed by atoms with Gasteiger partial charge in [-0.05, 0) is 42.5 Å². The van der Waals surface area contributed by atoms with Crippen molar-refractivity contribution >= 4 is 34.6 Å². The van der Waals surface area contributed by atoms with Gasteiger partial charge in [0, 0.05) is 29.3 Å². The van der Waals surface area contributed by atoms with Crippen LogP contribution >= 0.6 is 11.6 Å². The van der Waals surface area contributed by atoms with Crippen molar-refractivity contribution < 1.29 is 19.0 Å². The molecule has 7 nitrogen and oxygen atoms in total. The van der Waals surface area contributed by atoms with Gasteiger partial charge in [0.1, 0.15) is 11.4 Å². The highest BCUT2D eigenvalue weighted by molar-refractivity contribution is 6.32. The monoisotopic (exact) mass is 397 g/mol. The van der Waals surface area contributed by atoms with Crippen molar-refractivity contribution in [3.63, 3.8) is 0 Å². The maximum absolute atomic E-state index is 12.5. The molecule has 2 N–H and O–H groups in total. The number of carbonyl (C=O) groups excluding carboxylic acids is 1. The summed E-state index contributed by atoms with van der Waals surface area (Å²) >= 11 is 6.09. The van der Waals surface area contributed by atoms with E-state index in [4.69, 9.17) is 25.8 Å². The number of aromatic nitrogens is 1. The molecule has 1 amide bonds. The summed E-state index contributed by atoms with van der Waals surface area (Å²) in [4.78, 5) is 16.7. The lowest BCUT2D eigenvalue weighted by Gasteiger charge is -2.10. The number of amides is 1. The van der Waals surface area contributed by atoms with Crippen molar-refractivity contribution in [1.82, 2.24) is 4.98 Å². The number of hydrogen-bond donors (Lipinski definition) is 2. The van der Waals surface area contributed by atoms with Crippen LogP contribution < -0.4 is 24.8 Å². The molecule has 1 aromatic heterocycles. The Labute approximate surface area is 166 Å². The summed E-state index contributed by atoms with van der Waals surface area (Å²) in [7, 11) is 1.53. The third-order valence-corrected chi connectivity index (χ3v) is 4.36. The number of fused-ring (bicyclic) bond motifs is 1. The predicted molar refractivity (Wildman–Crippen MR) is 106 cm³/mol. The van der Waals surface area contributed by atoms with E-state index in [2.05, 4.69) is 15.6 Å². The lowest BCUT2D eigenvalue weighted by molar-refractivity contribution is 0.102. The third-order valence-electron chi connectivity index (χ3n) is 4.06. The van der Waals surface area contributed by atoms with E-state index in [0.29, 0.717) is 33.6 Å². The topological polar surface area (TPSA) is 81.7 Å². The summed E-state index contributed by atoms with van der Waals surface area (Å²) in [6.45, 7) is 0.216. The van der Waals surface area contributed by atoms with Gasteiger partial charge in [0.15, 0.2) is 11.5 Å². The molecule has 0 saturated carbocycles. The zero-order valence-corrected chi connectivity index (χ0v) is 15.6. The fourth-order valence-electron chi connectivity index (χ4n) is 2.71. The van der Waals surface area contributed by atoms with Gasteiger partial charge >= 0.3 is 0 Å². The Morgan fingerprint density at radius 2 is 1.82 bits per heavy atom. The van der Waals surface area contributed by atoms with Gasteiger partial charge in [0.05, 0.1) is 12.1 Å². The second-order valence-corrected chi connectivity index (χ2v) is 6.33. The van der Waals surface area contributed by atoms with Gasteiger partial charge in [-0.1, -0.05) is 11.6 Å². The first-order valence-corrected chi connectivity index (χ1v) is 8.78. The number of anilines is 3. The van der Waals surface area contributed by atoms with Crippen LogP contribution in [0.2, 0.25) is 5.02 Å². The van der Waals surface area contributed by atoms with Gasteiger partial charge in [-0.15, -0.1) is 0 Å². The van der Waals surface area contributed by atoms with Crippen LogP contribution in [0.5, 0.6) is 17.2 Å². The maximum atomic E-state index is 12.5. The second kappa shape index (κ2) is 7.66. The molecule has 2 heterocycles. The van der Waals surface area contributed by atoms with Crippen LogP contribution in [0.4, 0.5) is 17.1 Å². The highest BCUT2D eigenvalue weighted by Gasteiger charge is 2.14. The van der Waals surface area contributed by atoms with E-state index in [0.717, 1.165) is 5.69 Å². The molecule has 0 radical (unpaired) electrons. The Morgan fingerprint density at radius 3 is 2.64 bits per heavy atom. The number of halogens is 1. The number of nitrogens with zero attached hydrogens (tertiary/aromatic N) is 1. The smallest absolute Gasteiger partial charge is 0.274 e. The molecule has 1 aliphatic heterocycles. The number of methoxy groups -OCH3 is 1. The van der Waals surface area contributed by atoms with Crippen LogP contribution in [0.25, 0.3) is 0 Å². The van der Waals surface area contributed by atoms with Gasteiger partial charge in [0.2, 0.25) is 6.79 Å². The fraction of sp³-hybridized carbons (Fsp3) is 0.100. The molecule has 142 valence electrons. The summed E-state index contributed by atoms with van der Waals surface area (Å²) in [5, 5.41) is 6.40. The normalized spacial score (nSPS) is 11.8. The molecule has 0 saturated heterocycles. The molecule has 0 aliphatic carbocycles. The lowest BCUT2D eigenvalue weighted by atomic mass is 10.2. The Kier molecular flexibility index (Phi) is 4.90. The summed E-state index contributed by atoms with van der Waals surface area (Å²) in [5.74, 6) is 1.56. The molecule has 0 fully saturated rings. The predicted octanol–water partition coefficient (Wildman–Crippen LogP) is 4.47. The van der Waals surface area contributed by atoms with Crippen LogP contribution in [-0.4, -0.2) is 24.8 Å². The minimum absolute atomic E-state index is 0.216. The van der Waals surface area contributed by atoms with Crippen molar-refractivity contribution in [3.8, 4) is 17.2 Å². The van der Waals surface area contributed by atoms with Crippen molar-refractivity contribution in [2.75, 3.05) is 24.5 Å². The Balaban J connectivity index is 1.48. The Morgan fingerprint density at radius 1 is 1.04 bits per heavy atom. The first-order chi connectivity index (χ1) is 13.6. The molecule has 8 heteroatoms. The van der Waals surface area contributed by atoms with Gasteiger partial charge in [0.25, 0.3) is 5.91 Å². The van der Waals surface area contributed by atoms with E-state index in [1.54, 1.807) is 36.5 Å². The Bertz CT molecular complexity index is 1040. The van der Waals surface area contributed by atoms with Crippen molar-refractivity contribution in [3.05, 3.63) is 65.4 Å². The number of rotatable bonds is 5. The quantitative estimate of drug-likeness (QED) is 0.661. The van der Waals surface area contributed by atoms with Crippen molar-refractivity contribution in [2.24, 2.45) is 0 Å². The number of hydrogen-bond acceptors (Lipinski definition) is 6. The van der Waals surface area contributed by atoms with E-state index in [1.165, 1.54) is 7.11 Å². The van der Waals surface area contributed by atoms with Gasteiger partial charge < -0.3 is 24.8 Å². The second-order valence-electron chi connectivity index (χ2n) is 5.93. The van der Waals surface area contributed by atoms with Crippen LogP contribution in [0.1, 0.15) is 10.5 Å². The molecular formula is C20H16ClN3O4. The lowest BCUT2D eigenvalue weighted by Crippen LogP contribution is -2.13. The average molecular weight is 398 g/mol. The number of pyridine rings is 1. The van der Waals surface area contributed by atoms with E-state index in [-0.39, 0.29) is 18.4 Å². The van der Waals surface area contributed by atoms with E-state index in [1.807, 2.05) is 18.2 Å². The molecular weight excluding hydrogens is 382 g/mol. The highest BCUT2D eigenvalue weighted by atomic mass is 35.5. The molecule has 1 aliphatic rings. The van der Waals surface area contributed by atoms with Crippen LogP contribution in [0.3, 0.4) is 0 Å². The Hall–Kier alpha value is -3.45. The minimum Gasteiger partial charge on any atom is -0.495 e. The average Bonchev–Trinajstić information content (AvgIpc) is 3.16. The molecule has 4 rings (SSSR count). The van der Waals surface area contributed by atoms with Crippen LogP contribution in [0.15, 0.2) is 54.7 Å². The maximum Gasteiger partial charge on any atom is 0.274 e. The zero-order chi connectivity index (χ0) is 19.5. The van der Waals surface area contributed by atoms with Crippen molar-refractivity contribution in [1.29, 1.82) is 0 Å². The standard InChI is InChI=1S/C20H16ClN3O4/c1-26-17-4-2-12(8-15(17)21)24-20(25)16-9-14(6-7-22-16)23-13-3-5-18-19(10-13)28-11-27-18/h2-10H,11H2,1H3,(H,22,23)(H,24,25). The number of ether oxygens (including phenoxy) is 3. The molecule has 0 spiro atoms. The summed E-state index contributed by atoms with van der Waals surface area (Å²) < 4.78 is 15.8. The van der Waals surface area contributed by atoms with Crippen molar-refractivity contribution in [2.45, 2.75) is 0 Å². The summed E-state index contributed by atoms with van der Waals surface area (Å²) in [5.41, 5.74) is 2.33. The SMILES string of the molecule is COc1ccc(NC(=O)c2cc(Nc3ccc4c(c3)OCO4)ccn2)cc1Cl.